The molecule has 1 amide bonds. The predicted molar refractivity (Wildman–Crippen MR) is 82.6 cm³/mol. The lowest BCUT2D eigenvalue weighted by atomic mass is 9.97. The van der Waals surface area contributed by atoms with Crippen LogP contribution in [0.4, 0.5) is 11.5 Å². The lowest BCUT2D eigenvalue weighted by molar-refractivity contribution is 0.102. The van der Waals surface area contributed by atoms with Gasteiger partial charge in [-0.3, -0.25) is 14.9 Å². The predicted octanol–water partition coefficient (Wildman–Crippen LogP) is 0.627. The minimum absolute atomic E-state index is 0.275. The Kier molecular flexibility index (Phi) is 4.29. The van der Waals surface area contributed by atoms with Crippen LogP contribution in [0, 0.1) is 5.92 Å². The van der Waals surface area contributed by atoms with Crippen molar-refractivity contribution in [2.45, 2.75) is 12.8 Å². The third-order valence-corrected chi connectivity index (χ3v) is 3.93. The molecular formula is C14H19N7O. The van der Waals surface area contributed by atoms with E-state index in [1.165, 1.54) is 18.6 Å². The van der Waals surface area contributed by atoms with E-state index in [4.69, 9.17) is 5.73 Å². The summed E-state index contributed by atoms with van der Waals surface area (Å²) in [4.78, 5) is 22.2. The first kappa shape index (κ1) is 14.5. The molecule has 0 radical (unpaired) electrons. The van der Waals surface area contributed by atoms with Crippen molar-refractivity contribution in [2.24, 2.45) is 11.7 Å². The van der Waals surface area contributed by atoms with Gasteiger partial charge in [0.15, 0.2) is 0 Å². The number of anilines is 2. The molecule has 0 saturated carbocycles. The van der Waals surface area contributed by atoms with Crippen molar-refractivity contribution < 1.29 is 4.79 Å². The summed E-state index contributed by atoms with van der Waals surface area (Å²) >= 11 is 0. The van der Waals surface area contributed by atoms with E-state index >= 15 is 0 Å². The molecule has 4 N–H and O–H groups in total. The van der Waals surface area contributed by atoms with Crippen LogP contribution in [-0.2, 0) is 0 Å². The van der Waals surface area contributed by atoms with E-state index in [0.29, 0.717) is 11.6 Å². The molecule has 0 unspecified atom stereocenters. The van der Waals surface area contributed by atoms with Crippen molar-refractivity contribution in [3.63, 3.8) is 0 Å². The lowest BCUT2D eigenvalue weighted by Crippen LogP contribution is -2.36. The quantitative estimate of drug-likeness (QED) is 0.763. The summed E-state index contributed by atoms with van der Waals surface area (Å²) in [5.74, 6) is 1.11. The number of rotatable bonds is 4. The molecule has 22 heavy (non-hydrogen) atoms. The van der Waals surface area contributed by atoms with Gasteiger partial charge in [-0.1, -0.05) is 0 Å². The molecular weight excluding hydrogens is 282 g/mol. The van der Waals surface area contributed by atoms with Crippen molar-refractivity contribution >= 4 is 17.4 Å². The van der Waals surface area contributed by atoms with Crippen LogP contribution in [0.3, 0.4) is 0 Å². The maximum atomic E-state index is 12.2. The molecule has 1 aliphatic heterocycles. The highest BCUT2D eigenvalue weighted by Crippen LogP contribution is 2.27. The minimum atomic E-state index is -0.299. The van der Waals surface area contributed by atoms with Crippen LogP contribution < -0.4 is 16.0 Å². The topological polar surface area (TPSA) is 113 Å². The number of amides is 1. The van der Waals surface area contributed by atoms with Gasteiger partial charge in [-0.05, 0) is 25.3 Å². The second-order valence-corrected chi connectivity index (χ2v) is 5.34. The molecule has 2 aromatic heterocycles. The number of nitrogens with one attached hydrogen (secondary N) is 2. The highest BCUT2D eigenvalue weighted by Gasteiger charge is 2.22. The number of hydrogen-bond donors (Lipinski definition) is 3. The highest BCUT2D eigenvalue weighted by molar-refractivity contribution is 6.04. The Labute approximate surface area is 128 Å². The fraction of sp³-hybridized carbons (Fsp3) is 0.429. The molecule has 0 spiro atoms. The molecule has 116 valence electrons. The average Bonchev–Trinajstić information content (AvgIpc) is 3.04. The first-order chi connectivity index (χ1) is 10.8. The number of carbonyl (C=O) groups excluding carboxylic acids is 1. The summed E-state index contributed by atoms with van der Waals surface area (Å²) in [6, 6.07) is 0. The average molecular weight is 301 g/mol. The molecule has 1 fully saturated rings. The fourth-order valence-corrected chi connectivity index (χ4v) is 2.61. The van der Waals surface area contributed by atoms with Crippen molar-refractivity contribution in [2.75, 3.05) is 29.9 Å². The van der Waals surface area contributed by atoms with E-state index in [1.807, 2.05) is 0 Å². The number of hydrogen-bond acceptors (Lipinski definition) is 6. The molecule has 2 aromatic rings. The number of aromatic amines is 1. The van der Waals surface area contributed by atoms with E-state index in [0.717, 1.165) is 38.3 Å². The highest BCUT2D eigenvalue weighted by atomic mass is 16.1. The molecule has 8 heteroatoms. The summed E-state index contributed by atoms with van der Waals surface area (Å²) in [6.07, 6.45) is 8.16. The van der Waals surface area contributed by atoms with E-state index in [-0.39, 0.29) is 11.6 Å². The van der Waals surface area contributed by atoms with Gasteiger partial charge < -0.3 is 16.0 Å². The van der Waals surface area contributed by atoms with Crippen LogP contribution in [0.15, 0.2) is 24.8 Å². The van der Waals surface area contributed by atoms with Gasteiger partial charge in [0.25, 0.3) is 5.91 Å². The van der Waals surface area contributed by atoms with Gasteiger partial charge in [-0.15, -0.1) is 0 Å². The van der Waals surface area contributed by atoms with Crippen molar-refractivity contribution in [3.8, 4) is 0 Å². The van der Waals surface area contributed by atoms with Crippen LogP contribution in [0.25, 0.3) is 0 Å². The van der Waals surface area contributed by atoms with Crippen molar-refractivity contribution in [3.05, 3.63) is 30.5 Å². The third-order valence-electron chi connectivity index (χ3n) is 3.93. The van der Waals surface area contributed by atoms with E-state index in [1.54, 1.807) is 6.20 Å². The first-order valence-electron chi connectivity index (χ1n) is 7.33. The number of nitrogens with two attached hydrogens (primary N) is 1. The van der Waals surface area contributed by atoms with Crippen LogP contribution >= 0.6 is 0 Å². The third kappa shape index (κ3) is 3.06. The number of piperidine rings is 1. The summed E-state index contributed by atoms with van der Waals surface area (Å²) in [7, 11) is 0. The standard InChI is InChI=1S/C14H19N7O/c15-7-10-1-5-21(6-2-10)13-11(9-18-20-13)19-14(22)12-8-16-3-4-17-12/h3-4,8-10H,1-2,5-7,15H2,(H,18,20)(H,19,22). The van der Waals surface area contributed by atoms with Gasteiger partial charge in [0.1, 0.15) is 17.2 Å². The fourth-order valence-electron chi connectivity index (χ4n) is 2.61. The van der Waals surface area contributed by atoms with E-state index in [9.17, 15) is 4.79 Å². The molecule has 1 aliphatic rings. The number of nitrogens with zero attached hydrogens (tertiary/aromatic N) is 4. The zero-order valence-electron chi connectivity index (χ0n) is 12.2. The summed E-state index contributed by atoms with van der Waals surface area (Å²) in [6.45, 7) is 2.53. The molecule has 0 aliphatic carbocycles. The summed E-state index contributed by atoms with van der Waals surface area (Å²) < 4.78 is 0. The number of carbonyl (C=O) groups is 1. The number of H-pyrrole nitrogens is 1. The molecule has 0 bridgehead atoms. The van der Waals surface area contributed by atoms with Gasteiger partial charge in [0, 0.05) is 25.5 Å². The van der Waals surface area contributed by atoms with Crippen molar-refractivity contribution in [1.29, 1.82) is 0 Å². The first-order valence-corrected chi connectivity index (χ1v) is 7.33. The molecule has 1 saturated heterocycles. The van der Waals surface area contributed by atoms with E-state index < -0.39 is 0 Å². The molecule has 8 nitrogen and oxygen atoms in total. The zero-order chi connectivity index (χ0) is 15.4. The van der Waals surface area contributed by atoms with Gasteiger partial charge in [-0.25, -0.2) is 4.98 Å². The Morgan fingerprint density at radius 3 is 2.86 bits per heavy atom. The van der Waals surface area contributed by atoms with Gasteiger partial charge in [0.2, 0.25) is 0 Å². The minimum Gasteiger partial charge on any atom is -0.355 e. The van der Waals surface area contributed by atoms with Crippen LogP contribution in [-0.4, -0.2) is 45.7 Å². The number of aromatic nitrogens is 4. The molecule has 3 rings (SSSR count). The maximum Gasteiger partial charge on any atom is 0.276 e. The molecule has 0 aromatic carbocycles. The Morgan fingerprint density at radius 1 is 1.36 bits per heavy atom. The smallest absolute Gasteiger partial charge is 0.276 e. The zero-order valence-corrected chi connectivity index (χ0v) is 12.2. The second kappa shape index (κ2) is 6.52. The van der Waals surface area contributed by atoms with Gasteiger partial charge >= 0.3 is 0 Å². The molecule has 3 heterocycles. The lowest BCUT2D eigenvalue weighted by Gasteiger charge is -2.32. The van der Waals surface area contributed by atoms with E-state index in [2.05, 4.69) is 30.4 Å². The summed E-state index contributed by atoms with van der Waals surface area (Å²) in [5.41, 5.74) is 6.65. The van der Waals surface area contributed by atoms with Gasteiger partial charge in [0.05, 0.1) is 12.4 Å². The Morgan fingerprint density at radius 2 is 2.18 bits per heavy atom. The normalized spacial score (nSPS) is 15.8. The van der Waals surface area contributed by atoms with Crippen LogP contribution in [0.1, 0.15) is 23.3 Å². The Balaban J connectivity index is 1.69. The van der Waals surface area contributed by atoms with Crippen LogP contribution in [0.2, 0.25) is 0 Å². The second-order valence-electron chi connectivity index (χ2n) is 5.34. The summed E-state index contributed by atoms with van der Waals surface area (Å²) in [5, 5.41) is 9.83. The molecule has 0 atom stereocenters. The Hall–Kier alpha value is -2.48. The van der Waals surface area contributed by atoms with Crippen molar-refractivity contribution in [1.82, 2.24) is 20.2 Å². The largest absolute Gasteiger partial charge is 0.355 e. The monoisotopic (exact) mass is 301 g/mol. The Bertz CT molecular complexity index is 619. The maximum absolute atomic E-state index is 12.2. The van der Waals surface area contributed by atoms with Gasteiger partial charge in [-0.2, -0.15) is 5.10 Å². The SMILES string of the molecule is NCC1CCN(c2[nH]ncc2NC(=O)c2cnccn2)CC1. The van der Waals surface area contributed by atoms with Crippen LogP contribution in [0.5, 0.6) is 0 Å².